The highest BCUT2D eigenvalue weighted by Gasteiger charge is 2.21. The highest BCUT2D eigenvalue weighted by atomic mass is 16.5. The van der Waals surface area contributed by atoms with Crippen LogP contribution in [0.25, 0.3) is 0 Å². The van der Waals surface area contributed by atoms with E-state index in [4.69, 9.17) is 10.5 Å². The number of hydrogen-bond acceptors (Lipinski definition) is 3. The maximum Gasteiger partial charge on any atom is 0.222 e. The van der Waals surface area contributed by atoms with E-state index in [1.54, 1.807) is 4.90 Å². The fourth-order valence-corrected chi connectivity index (χ4v) is 2.17. The summed E-state index contributed by atoms with van der Waals surface area (Å²) in [5, 5.41) is 0. The average Bonchev–Trinajstić information content (AvgIpc) is 3.23. The van der Waals surface area contributed by atoms with Crippen LogP contribution in [0.2, 0.25) is 0 Å². The molecule has 112 valence electrons. The zero-order valence-corrected chi connectivity index (χ0v) is 12.6. The van der Waals surface area contributed by atoms with Crippen molar-refractivity contribution in [1.29, 1.82) is 0 Å². The molecule has 1 aliphatic rings. The summed E-state index contributed by atoms with van der Waals surface area (Å²) in [7, 11) is 1.87. The zero-order valence-electron chi connectivity index (χ0n) is 12.6. The summed E-state index contributed by atoms with van der Waals surface area (Å²) in [4.78, 5) is 13.7. The molecule has 1 rings (SSSR count). The number of hydrogen-bond donors (Lipinski definition) is 1. The quantitative estimate of drug-likeness (QED) is 0.584. The molecule has 4 nitrogen and oxygen atoms in total. The van der Waals surface area contributed by atoms with Crippen LogP contribution in [-0.2, 0) is 9.53 Å². The molecule has 19 heavy (non-hydrogen) atoms. The van der Waals surface area contributed by atoms with E-state index < -0.39 is 0 Å². The fourth-order valence-electron chi connectivity index (χ4n) is 2.17. The highest BCUT2D eigenvalue weighted by Crippen LogP contribution is 2.28. The number of amides is 1. The summed E-state index contributed by atoms with van der Waals surface area (Å²) in [5.74, 6) is 1.61. The number of carbonyl (C=O) groups excluding carboxylic acids is 1. The lowest BCUT2D eigenvalue weighted by Crippen LogP contribution is -2.30. The minimum absolute atomic E-state index is 0.227. The van der Waals surface area contributed by atoms with Gasteiger partial charge in [0.15, 0.2) is 0 Å². The molecule has 1 aliphatic carbocycles. The number of likely N-dealkylation sites (N-methyl/N-ethyl adjacent to an activating group) is 1. The summed E-state index contributed by atoms with van der Waals surface area (Å²) >= 11 is 0. The van der Waals surface area contributed by atoms with E-state index in [-0.39, 0.29) is 5.91 Å². The van der Waals surface area contributed by atoms with Gasteiger partial charge in [0, 0.05) is 26.6 Å². The van der Waals surface area contributed by atoms with Gasteiger partial charge in [0.2, 0.25) is 5.91 Å². The molecule has 0 saturated heterocycles. The molecule has 0 heterocycles. The van der Waals surface area contributed by atoms with Crippen LogP contribution in [0.3, 0.4) is 0 Å². The van der Waals surface area contributed by atoms with Crippen molar-refractivity contribution in [2.24, 2.45) is 17.6 Å². The van der Waals surface area contributed by atoms with Crippen LogP contribution in [0, 0.1) is 11.8 Å². The van der Waals surface area contributed by atoms with E-state index in [1.807, 2.05) is 7.05 Å². The van der Waals surface area contributed by atoms with Gasteiger partial charge in [0.25, 0.3) is 0 Å². The molecule has 1 unspecified atom stereocenters. The number of rotatable bonds is 11. The van der Waals surface area contributed by atoms with E-state index in [2.05, 4.69) is 6.92 Å². The smallest absolute Gasteiger partial charge is 0.222 e. The maximum absolute atomic E-state index is 11.9. The zero-order chi connectivity index (χ0) is 14.1. The lowest BCUT2D eigenvalue weighted by atomic mass is 9.96. The predicted molar refractivity (Wildman–Crippen MR) is 77.9 cm³/mol. The molecule has 0 aromatic heterocycles. The maximum atomic E-state index is 11.9. The molecule has 0 aliphatic heterocycles. The summed E-state index contributed by atoms with van der Waals surface area (Å²) in [5.41, 5.74) is 5.57. The van der Waals surface area contributed by atoms with Gasteiger partial charge in [0.1, 0.15) is 0 Å². The second kappa shape index (κ2) is 9.32. The Bertz CT molecular complexity index is 255. The molecule has 1 amide bonds. The van der Waals surface area contributed by atoms with Crippen LogP contribution < -0.4 is 5.73 Å². The van der Waals surface area contributed by atoms with Crippen molar-refractivity contribution in [3.63, 3.8) is 0 Å². The first-order valence-electron chi connectivity index (χ1n) is 7.69. The van der Waals surface area contributed by atoms with Gasteiger partial charge in [-0.05, 0) is 44.1 Å². The second-order valence-corrected chi connectivity index (χ2v) is 5.72. The first-order chi connectivity index (χ1) is 9.17. The lowest BCUT2D eigenvalue weighted by molar-refractivity contribution is -0.130. The Kier molecular flexibility index (Phi) is 8.07. The first kappa shape index (κ1) is 16.4. The molecular weight excluding hydrogens is 240 g/mol. The third-order valence-corrected chi connectivity index (χ3v) is 3.97. The molecule has 2 N–H and O–H groups in total. The molecule has 1 atom stereocenters. The van der Waals surface area contributed by atoms with Gasteiger partial charge < -0.3 is 15.4 Å². The minimum atomic E-state index is 0.227. The van der Waals surface area contributed by atoms with Gasteiger partial charge >= 0.3 is 0 Å². The van der Waals surface area contributed by atoms with Crippen LogP contribution in [0.1, 0.15) is 45.4 Å². The van der Waals surface area contributed by atoms with Crippen molar-refractivity contribution in [3.05, 3.63) is 0 Å². The summed E-state index contributed by atoms with van der Waals surface area (Å²) in [6.07, 6.45) is 6.36. The van der Waals surface area contributed by atoms with Gasteiger partial charge in [-0.1, -0.05) is 13.3 Å². The van der Waals surface area contributed by atoms with E-state index in [0.717, 1.165) is 38.3 Å². The summed E-state index contributed by atoms with van der Waals surface area (Å²) in [6, 6.07) is 0. The molecule has 0 aromatic rings. The van der Waals surface area contributed by atoms with Crippen molar-refractivity contribution >= 4 is 5.91 Å². The van der Waals surface area contributed by atoms with Gasteiger partial charge in [0.05, 0.1) is 6.61 Å². The largest absolute Gasteiger partial charge is 0.379 e. The lowest BCUT2D eigenvalue weighted by Gasteiger charge is -2.19. The molecule has 1 saturated carbocycles. The molecule has 4 heteroatoms. The Balaban J connectivity index is 2.05. The Morgan fingerprint density at radius 2 is 2.16 bits per heavy atom. The van der Waals surface area contributed by atoms with E-state index in [9.17, 15) is 4.79 Å². The van der Waals surface area contributed by atoms with Crippen molar-refractivity contribution < 1.29 is 9.53 Å². The topological polar surface area (TPSA) is 55.6 Å². The number of nitrogens with two attached hydrogens (primary N) is 1. The highest BCUT2D eigenvalue weighted by molar-refractivity contribution is 5.75. The summed E-state index contributed by atoms with van der Waals surface area (Å²) < 4.78 is 5.55. The van der Waals surface area contributed by atoms with Gasteiger partial charge in [-0.25, -0.2) is 0 Å². The van der Waals surface area contributed by atoms with Crippen LogP contribution in [0.15, 0.2) is 0 Å². The third-order valence-electron chi connectivity index (χ3n) is 3.97. The Morgan fingerprint density at radius 1 is 1.42 bits per heavy atom. The third kappa shape index (κ3) is 7.53. The molecular formula is C15H30N2O2. The van der Waals surface area contributed by atoms with Crippen molar-refractivity contribution in [2.75, 3.05) is 33.4 Å². The van der Waals surface area contributed by atoms with Gasteiger partial charge in [-0.15, -0.1) is 0 Å². The van der Waals surface area contributed by atoms with E-state index in [1.165, 1.54) is 12.8 Å². The molecule has 0 bridgehead atoms. The summed E-state index contributed by atoms with van der Waals surface area (Å²) in [6.45, 7) is 5.13. The first-order valence-corrected chi connectivity index (χ1v) is 7.69. The molecule has 1 fully saturated rings. The van der Waals surface area contributed by atoms with Gasteiger partial charge in [-0.3, -0.25) is 4.79 Å². The van der Waals surface area contributed by atoms with Crippen LogP contribution in [0.4, 0.5) is 0 Å². The average molecular weight is 270 g/mol. The predicted octanol–water partition coefficient (Wildman–Crippen LogP) is 2.03. The number of ether oxygens (including phenoxy) is 1. The SMILES string of the molecule is CCC(CCN)CCC(=O)N(C)CCOCC1CC1. The van der Waals surface area contributed by atoms with Crippen LogP contribution >= 0.6 is 0 Å². The van der Waals surface area contributed by atoms with Gasteiger partial charge in [-0.2, -0.15) is 0 Å². The Labute approximate surface area is 117 Å². The van der Waals surface area contributed by atoms with Crippen molar-refractivity contribution in [1.82, 2.24) is 4.90 Å². The monoisotopic (exact) mass is 270 g/mol. The van der Waals surface area contributed by atoms with Crippen molar-refractivity contribution in [2.45, 2.75) is 45.4 Å². The van der Waals surface area contributed by atoms with E-state index in [0.29, 0.717) is 25.5 Å². The Morgan fingerprint density at radius 3 is 2.74 bits per heavy atom. The van der Waals surface area contributed by atoms with Crippen molar-refractivity contribution in [3.8, 4) is 0 Å². The van der Waals surface area contributed by atoms with Crippen LogP contribution in [0.5, 0.6) is 0 Å². The standard InChI is InChI=1S/C15H30N2O2/c1-3-13(8-9-16)6-7-15(18)17(2)10-11-19-12-14-4-5-14/h13-14H,3-12,16H2,1-2H3. The second-order valence-electron chi connectivity index (χ2n) is 5.72. The minimum Gasteiger partial charge on any atom is -0.379 e. The van der Waals surface area contributed by atoms with E-state index >= 15 is 0 Å². The normalized spacial score (nSPS) is 16.4. The number of carbonyl (C=O) groups is 1. The molecule has 0 aromatic carbocycles. The fraction of sp³-hybridized carbons (Fsp3) is 0.933. The molecule has 0 radical (unpaired) electrons. The Hall–Kier alpha value is -0.610. The van der Waals surface area contributed by atoms with Crippen LogP contribution in [-0.4, -0.2) is 44.2 Å². The molecule has 0 spiro atoms. The number of nitrogens with zero attached hydrogens (tertiary/aromatic N) is 1.